The normalized spacial score (nSPS) is 18.4. The molecule has 4 nitrogen and oxygen atoms in total. The number of benzene rings is 2. The average Bonchev–Trinajstić information content (AvgIpc) is 2.61. The second kappa shape index (κ2) is 7.24. The first-order valence-electron chi connectivity index (χ1n) is 8.18. The highest BCUT2D eigenvalue weighted by atomic mass is 35.5. The van der Waals surface area contributed by atoms with Gasteiger partial charge in [-0.3, -0.25) is 4.79 Å². The van der Waals surface area contributed by atoms with Gasteiger partial charge in [-0.25, -0.2) is 0 Å². The molecule has 0 spiro atoms. The van der Waals surface area contributed by atoms with Crippen molar-refractivity contribution in [3.05, 3.63) is 59.2 Å². The molecule has 0 saturated heterocycles. The van der Waals surface area contributed by atoms with E-state index in [2.05, 4.69) is 22.8 Å². The predicted molar refractivity (Wildman–Crippen MR) is 98.0 cm³/mol. The minimum absolute atomic E-state index is 0. The molecule has 2 aliphatic heterocycles. The van der Waals surface area contributed by atoms with Crippen molar-refractivity contribution >= 4 is 29.7 Å². The maximum atomic E-state index is 12.6. The summed E-state index contributed by atoms with van der Waals surface area (Å²) in [7, 11) is 0. The number of carbonyl (C=O) groups is 1. The van der Waals surface area contributed by atoms with Gasteiger partial charge >= 0.3 is 0 Å². The van der Waals surface area contributed by atoms with Crippen LogP contribution in [0.25, 0.3) is 0 Å². The Morgan fingerprint density at radius 1 is 1.12 bits per heavy atom. The number of carbonyl (C=O) groups excluding carboxylic acids is 1. The Morgan fingerprint density at radius 3 is 2.92 bits per heavy atom. The van der Waals surface area contributed by atoms with E-state index in [-0.39, 0.29) is 18.3 Å². The zero-order valence-corrected chi connectivity index (χ0v) is 14.2. The van der Waals surface area contributed by atoms with Gasteiger partial charge in [-0.1, -0.05) is 24.3 Å². The summed E-state index contributed by atoms with van der Waals surface area (Å²) < 4.78 is 5.73. The lowest BCUT2D eigenvalue weighted by Crippen LogP contribution is -2.28. The van der Waals surface area contributed by atoms with Crippen LogP contribution in [0.2, 0.25) is 0 Å². The molecule has 4 rings (SSSR count). The Labute approximate surface area is 148 Å². The first-order chi connectivity index (χ1) is 11.3. The van der Waals surface area contributed by atoms with E-state index >= 15 is 0 Å². The van der Waals surface area contributed by atoms with Gasteiger partial charge in [0.2, 0.25) is 0 Å². The Bertz CT molecular complexity index is 748. The van der Waals surface area contributed by atoms with Gasteiger partial charge in [-0.15, -0.1) is 12.4 Å². The summed E-state index contributed by atoms with van der Waals surface area (Å²) in [6.07, 6.45) is 2.53. The maximum Gasteiger partial charge on any atom is 0.258 e. The molecule has 5 heteroatoms. The van der Waals surface area contributed by atoms with Crippen molar-refractivity contribution in [3.63, 3.8) is 0 Å². The fourth-order valence-electron chi connectivity index (χ4n) is 3.37. The molecular formula is C19H21ClN2O2. The SMILES string of the molecule is Cl.O=C(Nc1ccc2c(c1)CCCN2)C1OCCc2ccccc21. The third-order valence-electron chi connectivity index (χ3n) is 4.54. The summed E-state index contributed by atoms with van der Waals surface area (Å²) in [6, 6.07) is 14.1. The number of halogens is 1. The third kappa shape index (κ3) is 3.25. The molecule has 0 saturated carbocycles. The van der Waals surface area contributed by atoms with Crippen LogP contribution < -0.4 is 10.6 Å². The molecule has 0 aliphatic carbocycles. The van der Waals surface area contributed by atoms with E-state index < -0.39 is 6.10 Å². The molecule has 24 heavy (non-hydrogen) atoms. The van der Waals surface area contributed by atoms with Crippen molar-refractivity contribution in [2.24, 2.45) is 0 Å². The van der Waals surface area contributed by atoms with Gasteiger partial charge < -0.3 is 15.4 Å². The van der Waals surface area contributed by atoms with Crippen molar-refractivity contribution in [2.75, 3.05) is 23.8 Å². The number of hydrogen-bond donors (Lipinski definition) is 2. The summed E-state index contributed by atoms with van der Waals surface area (Å²) in [5.41, 5.74) is 5.46. The summed E-state index contributed by atoms with van der Waals surface area (Å²) in [5, 5.41) is 6.39. The van der Waals surface area contributed by atoms with Gasteiger partial charge in [0.25, 0.3) is 5.91 Å². The van der Waals surface area contributed by atoms with Crippen LogP contribution in [0.1, 0.15) is 29.2 Å². The van der Waals surface area contributed by atoms with Crippen LogP contribution in [0.3, 0.4) is 0 Å². The molecule has 0 bridgehead atoms. The quantitative estimate of drug-likeness (QED) is 0.873. The molecule has 1 atom stereocenters. The number of fused-ring (bicyclic) bond motifs is 2. The molecule has 2 aliphatic rings. The second-order valence-electron chi connectivity index (χ2n) is 6.09. The molecule has 0 radical (unpaired) electrons. The minimum atomic E-state index is -0.519. The molecule has 2 N–H and O–H groups in total. The zero-order chi connectivity index (χ0) is 15.6. The van der Waals surface area contributed by atoms with E-state index in [1.54, 1.807) is 0 Å². The summed E-state index contributed by atoms with van der Waals surface area (Å²) >= 11 is 0. The van der Waals surface area contributed by atoms with E-state index in [0.29, 0.717) is 6.61 Å². The smallest absolute Gasteiger partial charge is 0.258 e. The molecule has 126 valence electrons. The highest BCUT2D eigenvalue weighted by molar-refractivity contribution is 5.95. The van der Waals surface area contributed by atoms with Crippen LogP contribution in [0, 0.1) is 0 Å². The molecule has 0 fully saturated rings. The fourth-order valence-corrected chi connectivity index (χ4v) is 3.37. The molecule has 0 aromatic heterocycles. The van der Waals surface area contributed by atoms with Crippen LogP contribution in [0.15, 0.2) is 42.5 Å². The first kappa shape index (κ1) is 16.8. The van der Waals surface area contributed by atoms with Crippen LogP contribution in [0.5, 0.6) is 0 Å². The van der Waals surface area contributed by atoms with Crippen molar-refractivity contribution in [1.29, 1.82) is 0 Å². The largest absolute Gasteiger partial charge is 0.385 e. The van der Waals surface area contributed by atoms with Crippen LogP contribution in [-0.4, -0.2) is 19.1 Å². The average molecular weight is 345 g/mol. The molecule has 1 unspecified atom stereocenters. The number of amides is 1. The van der Waals surface area contributed by atoms with Crippen LogP contribution in [0.4, 0.5) is 11.4 Å². The van der Waals surface area contributed by atoms with Crippen molar-refractivity contribution in [1.82, 2.24) is 0 Å². The van der Waals surface area contributed by atoms with Gasteiger partial charge in [0.15, 0.2) is 6.10 Å². The number of hydrogen-bond acceptors (Lipinski definition) is 3. The van der Waals surface area contributed by atoms with E-state index in [9.17, 15) is 4.79 Å². The van der Waals surface area contributed by atoms with Crippen LogP contribution in [-0.2, 0) is 22.4 Å². The monoisotopic (exact) mass is 344 g/mol. The number of anilines is 2. The highest BCUT2D eigenvalue weighted by Gasteiger charge is 2.27. The standard InChI is InChI=1S/C19H20N2O2.ClH/c22-19(18-16-6-2-1-4-13(16)9-11-23-18)21-15-7-8-17-14(12-15)5-3-10-20-17;/h1-2,4,6-8,12,18,20H,3,5,9-11H2,(H,21,22);1H. The number of aryl methyl sites for hydroxylation is 1. The van der Waals surface area contributed by atoms with E-state index in [4.69, 9.17) is 4.74 Å². The topological polar surface area (TPSA) is 50.4 Å². The zero-order valence-electron chi connectivity index (χ0n) is 13.4. The van der Waals surface area contributed by atoms with E-state index in [1.807, 2.05) is 30.3 Å². The lowest BCUT2D eigenvalue weighted by Gasteiger charge is -2.25. The van der Waals surface area contributed by atoms with Crippen molar-refractivity contribution in [2.45, 2.75) is 25.4 Å². The molecule has 2 aromatic rings. The minimum Gasteiger partial charge on any atom is -0.385 e. The van der Waals surface area contributed by atoms with Crippen molar-refractivity contribution < 1.29 is 9.53 Å². The first-order valence-corrected chi connectivity index (χ1v) is 8.18. The third-order valence-corrected chi connectivity index (χ3v) is 4.54. The van der Waals surface area contributed by atoms with Gasteiger partial charge in [0.1, 0.15) is 0 Å². The predicted octanol–water partition coefficient (Wildman–Crippen LogP) is 3.72. The summed E-state index contributed by atoms with van der Waals surface area (Å²) in [5.74, 6) is -0.0964. The lowest BCUT2D eigenvalue weighted by molar-refractivity contribution is -0.128. The highest BCUT2D eigenvalue weighted by Crippen LogP contribution is 2.29. The summed E-state index contributed by atoms with van der Waals surface area (Å²) in [4.78, 5) is 12.6. The molecule has 1 amide bonds. The van der Waals surface area contributed by atoms with Gasteiger partial charge in [-0.2, -0.15) is 0 Å². The number of rotatable bonds is 2. The fraction of sp³-hybridized carbons (Fsp3) is 0.316. The van der Waals surface area contributed by atoms with Gasteiger partial charge in [-0.05, 0) is 54.2 Å². The van der Waals surface area contributed by atoms with E-state index in [0.717, 1.165) is 37.1 Å². The Morgan fingerprint density at radius 2 is 2.00 bits per heavy atom. The van der Waals surface area contributed by atoms with Crippen molar-refractivity contribution in [3.8, 4) is 0 Å². The van der Waals surface area contributed by atoms with E-state index in [1.165, 1.54) is 16.8 Å². The summed E-state index contributed by atoms with van der Waals surface area (Å²) in [6.45, 7) is 1.61. The lowest BCUT2D eigenvalue weighted by atomic mass is 9.97. The molecular weight excluding hydrogens is 324 g/mol. The maximum absolute atomic E-state index is 12.6. The van der Waals surface area contributed by atoms with Gasteiger partial charge in [0.05, 0.1) is 6.61 Å². The Hall–Kier alpha value is -2.04. The molecule has 2 aromatic carbocycles. The number of ether oxygens (including phenoxy) is 1. The van der Waals surface area contributed by atoms with Gasteiger partial charge in [0, 0.05) is 17.9 Å². The number of nitrogens with one attached hydrogen (secondary N) is 2. The Kier molecular flexibility index (Phi) is 5.07. The Balaban J connectivity index is 0.00000169. The second-order valence-corrected chi connectivity index (χ2v) is 6.09. The molecule has 2 heterocycles. The van der Waals surface area contributed by atoms with Crippen LogP contribution >= 0.6 is 12.4 Å².